The van der Waals surface area contributed by atoms with Crippen molar-refractivity contribution < 1.29 is 24.2 Å². The van der Waals surface area contributed by atoms with Gasteiger partial charge in [-0.15, -0.1) is 0 Å². The summed E-state index contributed by atoms with van der Waals surface area (Å²) in [5.74, 6) is -1.21. The molecule has 132 valence electrons. The minimum absolute atomic E-state index is 0.110. The molecule has 0 bridgehead atoms. The molecule has 5 nitrogen and oxygen atoms in total. The van der Waals surface area contributed by atoms with Crippen LogP contribution in [0.5, 0.6) is 0 Å². The fourth-order valence-electron chi connectivity index (χ4n) is 2.42. The fraction of sp³-hybridized carbons (Fsp3) is 0.474. The van der Waals surface area contributed by atoms with Crippen LogP contribution in [0.1, 0.15) is 31.4 Å². The first kappa shape index (κ1) is 19.9. The predicted molar refractivity (Wildman–Crippen MR) is 91.4 cm³/mol. The van der Waals surface area contributed by atoms with Crippen LogP contribution in [0.15, 0.2) is 36.4 Å². The van der Waals surface area contributed by atoms with Crippen LogP contribution in [0.4, 0.5) is 0 Å². The molecule has 1 aromatic carbocycles. The number of hydrogen-bond acceptors (Lipinski definition) is 5. The molecule has 0 aliphatic rings. The topological polar surface area (TPSA) is 72.8 Å². The summed E-state index contributed by atoms with van der Waals surface area (Å²) in [7, 11) is 0. The largest absolute Gasteiger partial charge is 0.465 e. The van der Waals surface area contributed by atoms with Gasteiger partial charge in [-0.3, -0.25) is 9.59 Å². The van der Waals surface area contributed by atoms with E-state index in [1.54, 1.807) is 19.9 Å². The maximum atomic E-state index is 12.6. The van der Waals surface area contributed by atoms with Crippen molar-refractivity contribution in [1.82, 2.24) is 0 Å². The number of ether oxygens (including phenoxy) is 2. The summed E-state index contributed by atoms with van der Waals surface area (Å²) < 4.78 is 10.3. The van der Waals surface area contributed by atoms with E-state index in [-0.39, 0.29) is 32.7 Å². The van der Waals surface area contributed by atoms with E-state index in [0.717, 1.165) is 11.1 Å². The Kier molecular flexibility index (Phi) is 8.19. The molecule has 0 spiro atoms. The Balaban J connectivity index is 3.25. The Bertz CT molecular complexity index is 542. The van der Waals surface area contributed by atoms with E-state index in [9.17, 15) is 9.59 Å². The molecule has 0 radical (unpaired) electrons. The molecule has 0 atom stereocenters. The molecule has 5 heteroatoms. The SMILES string of the molecule is CCOC(=O)C(C/C=C\CO)(Cc1ccc(C)cc1)C(=O)OCC. The van der Waals surface area contributed by atoms with Crippen molar-refractivity contribution >= 4 is 11.9 Å². The van der Waals surface area contributed by atoms with Crippen LogP contribution in [0.2, 0.25) is 0 Å². The fourth-order valence-corrected chi connectivity index (χ4v) is 2.42. The first-order valence-corrected chi connectivity index (χ1v) is 8.16. The molecule has 0 aliphatic heterocycles. The van der Waals surface area contributed by atoms with Crippen LogP contribution in [-0.2, 0) is 25.5 Å². The molecule has 0 saturated heterocycles. The average Bonchev–Trinajstić information content (AvgIpc) is 2.56. The van der Waals surface area contributed by atoms with E-state index in [1.165, 1.54) is 6.08 Å². The van der Waals surface area contributed by atoms with Gasteiger partial charge in [-0.05, 0) is 39.2 Å². The van der Waals surface area contributed by atoms with Gasteiger partial charge in [-0.1, -0.05) is 42.0 Å². The minimum atomic E-state index is -1.45. The Morgan fingerprint density at radius 1 is 1.04 bits per heavy atom. The van der Waals surface area contributed by atoms with E-state index in [1.807, 2.05) is 31.2 Å². The molecule has 0 saturated carbocycles. The highest BCUT2D eigenvalue weighted by atomic mass is 16.6. The van der Waals surface area contributed by atoms with Gasteiger partial charge in [0.1, 0.15) is 0 Å². The lowest BCUT2D eigenvalue weighted by atomic mass is 9.78. The van der Waals surface area contributed by atoms with Crippen molar-refractivity contribution in [2.75, 3.05) is 19.8 Å². The van der Waals surface area contributed by atoms with Crippen molar-refractivity contribution in [3.8, 4) is 0 Å². The number of allylic oxidation sites excluding steroid dienone is 1. The second kappa shape index (κ2) is 9.88. The van der Waals surface area contributed by atoms with Crippen LogP contribution >= 0.6 is 0 Å². The number of aryl methyl sites for hydroxylation is 1. The Morgan fingerprint density at radius 2 is 1.58 bits per heavy atom. The molecule has 1 N–H and O–H groups in total. The second-order valence-electron chi connectivity index (χ2n) is 5.54. The summed E-state index contributed by atoms with van der Waals surface area (Å²) >= 11 is 0. The monoisotopic (exact) mass is 334 g/mol. The lowest BCUT2D eigenvalue weighted by Gasteiger charge is -2.28. The number of aliphatic hydroxyl groups is 1. The second-order valence-corrected chi connectivity index (χ2v) is 5.54. The standard InChI is InChI=1S/C19H26O5/c1-4-23-17(21)19(12-6-7-13-20,18(22)24-5-2)14-16-10-8-15(3)9-11-16/h6-11,20H,4-5,12-14H2,1-3H3/b7-6-. The number of hydrogen-bond donors (Lipinski definition) is 1. The third-order valence-electron chi connectivity index (χ3n) is 3.70. The molecule has 0 aromatic heterocycles. The lowest BCUT2D eigenvalue weighted by Crippen LogP contribution is -2.43. The molecule has 0 aliphatic carbocycles. The first-order valence-electron chi connectivity index (χ1n) is 8.16. The highest BCUT2D eigenvalue weighted by Crippen LogP contribution is 2.32. The van der Waals surface area contributed by atoms with Crippen molar-refractivity contribution in [3.05, 3.63) is 47.5 Å². The molecule has 0 amide bonds. The van der Waals surface area contributed by atoms with Crippen molar-refractivity contribution in [3.63, 3.8) is 0 Å². The van der Waals surface area contributed by atoms with Crippen LogP contribution in [0.3, 0.4) is 0 Å². The zero-order valence-corrected chi connectivity index (χ0v) is 14.6. The van der Waals surface area contributed by atoms with Crippen molar-refractivity contribution in [2.45, 2.75) is 33.6 Å². The summed E-state index contributed by atoms with van der Waals surface area (Å²) in [6.07, 6.45) is 3.41. The molecule has 0 unspecified atom stereocenters. The number of aliphatic hydroxyl groups excluding tert-OH is 1. The zero-order chi connectivity index (χ0) is 18.0. The Hall–Kier alpha value is -2.14. The molecule has 0 heterocycles. The van der Waals surface area contributed by atoms with E-state index in [4.69, 9.17) is 14.6 Å². The van der Waals surface area contributed by atoms with Crippen LogP contribution in [0, 0.1) is 12.3 Å². The Labute approximate surface area is 143 Å². The highest BCUT2D eigenvalue weighted by Gasteiger charge is 2.48. The summed E-state index contributed by atoms with van der Waals surface area (Å²) in [6.45, 7) is 5.56. The number of rotatable bonds is 9. The van der Waals surface area contributed by atoms with Gasteiger partial charge in [-0.2, -0.15) is 0 Å². The molecular weight excluding hydrogens is 308 g/mol. The van der Waals surface area contributed by atoms with Crippen molar-refractivity contribution in [2.24, 2.45) is 5.41 Å². The molecule has 1 rings (SSSR count). The smallest absolute Gasteiger partial charge is 0.324 e. The normalized spacial score (nSPS) is 11.5. The van der Waals surface area contributed by atoms with Gasteiger partial charge >= 0.3 is 11.9 Å². The van der Waals surface area contributed by atoms with E-state index in [2.05, 4.69) is 0 Å². The quantitative estimate of drug-likeness (QED) is 0.427. The Morgan fingerprint density at radius 3 is 2.04 bits per heavy atom. The number of benzene rings is 1. The van der Waals surface area contributed by atoms with Gasteiger partial charge in [0.25, 0.3) is 0 Å². The van der Waals surface area contributed by atoms with E-state index >= 15 is 0 Å². The van der Waals surface area contributed by atoms with E-state index < -0.39 is 17.4 Å². The van der Waals surface area contributed by atoms with Crippen LogP contribution in [-0.4, -0.2) is 36.9 Å². The molecule has 0 fully saturated rings. The van der Waals surface area contributed by atoms with Crippen LogP contribution in [0.25, 0.3) is 0 Å². The van der Waals surface area contributed by atoms with Gasteiger partial charge in [0, 0.05) is 0 Å². The van der Waals surface area contributed by atoms with Crippen LogP contribution < -0.4 is 0 Å². The maximum absolute atomic E-state index is 12.6. The first-order chi connectivity index (χ1) is 11.5. The minimum Gasteiger partial charge on any atom is -0.465 e. The lowest BCUT2D eigenvalue weighted by molar-refractivity contribution is -0.171. The van der Waals surface area contributed by atoms with Gasteiger partial charge in [-0.25, -0.2) is 0 Å². The summed E-state index contributed by atoms with van der Waals surface area (Å²) in [5, 5.41) is 8.95. The molecular formula is C19H26O5. The number of esters is 2. The predicted octanol–water partition coefficient (Wildman–Crippen LogP) is 2.59. The molecule has 1 aromatic rings. The van der Waals surface area contributed by atoms with Crippen molar-refractivity contribution in [1.29, 1.82) is 0 Å². The molecule has 24 heavy (non-hydrogen) atoms. The number of carbonyl (C=O) groups is 2. The summed E-state index contributed by atoms with van der Waals surface area (Å²) in [6, 6.07) is 7.64. The number of carbonyl (C=O) groups excluding carboxylic acids is 2. The zero-order valence-electron chi connectivity index (χ0n) is 14.6. The van der Waals surface area contributed by atoms with Gasteiger partial charge in [0.15, 0.2) is 5.41 Å². The van der Waals surface area contributed by atoms with Gasteiger partial charge in [0.05, 0.1) is 19.8 Å². The van der Waals surface area contributed by atoms with E-state index in [0.29, 0.717) is 0 Å². The maximum Gasteiger partial charge on any atom is 0.324 e. The summed E-state index contributed by atoms with van der Waals surface area (Å²) in [5.41, 5.74) is 0.489. The average molecular weight is 334 g/mol. The van der Waals surface area contributed by atoms with Gasteiger partial charge in [0.2, 0.25) is 0 Å². The highest BCUT2D eigenvalue weighted by molar-refractivity contribution is 6.00. The van der Waals surface area contributed by atoms with Gasteiger partial charge < -0.3 is 14.6 Å². The third-order valence-corrected chi connectivity index (χ3v) is 3.70. The summed E-state index contributed by atoms with van der Waals surface area (Å²) in [4.78, 5) is 25.3. The third kappa shape index (κ3) is 5.20.